The Balaban J connectivity index is 1.53. The molecule has 42 heavy (non-hydrogen) atoms. The molecule has 1 N–H and O–H groups in total. The third kappa shape index (κ3) is 8.47. The van der Waals surface area contributed by atoms with E-state index in [9.17, 15) is 19.5 Å². The number of carboxylic acid groups (broad SMARTS) is 1. The average molecular weight is 586 g/mol. The van der Waals surface area contributed by atoms with Gasteiger partial charge in [0.15, 0.2) is 0 Å². The maximum Gasteiger partial charge on any atom is 0.308 e. The second-order valence-corrected chi connectivity index (χ2v) is 13.5. The summed E-state index contributed by atoms with van der Waals surface area (Å²) in [5.74, 6) is -0.579. The summed E-state index contributed by atoms with van der Waals surface area (Å²) in [6.45, 7) is 7.32. The Morgan fingerprint density at radius 3 is 2.60 bits per heavy atom. The van der Waals surface area contributed by atoms with Crippen LogP contribution in [0.15, 0.2) is 18.2 Å². The Hall–Kier alpha value is -2.65. The van der Waals surface area contributed by atoms with Gasteiger partial charge in [0, 0.05) is 57.5 Å². The summed E-state index contributed by atoms with van der Waals surface area (Å²) in [5, 5.41) is 10.6. The summed E-state index contributed by atoms with van der Waals surface area (Å²) >= 11 is 0. The molecule has 2 amide bonds. The molecule has 1 aromatic carbocycles. The monoisotopic (exact) mass is 585 g/mol. The second kappa shape index (κ2) is 14.7. The zero-order valence-electron chi connectivity index (χ0n) is 26.4. The third-order valence-electron chi connectivity index (χ3n) is 9.27. The van der Waals surface area contributed by atoms with Gasteiger partial charge in [-0.3, -0.25) is 19.3 Å². The zero-order chi connectivity index (χ0) is 30.3. The van der Waals surface area contributed by atoms with Crippen molar-refractivity contribution in [2.75, 3.05) is 73.6 Å². The van der Waals surface area contributed by atoms with Crippen molar-refractivity contribution in [2.24, 2.45) is 5.92 Å². The Morgan fingerprint density at radius 1 is 1.10 bits per heavy atom. The van der Waals surface area contributed by atoms with Crippen LogP contribution in [0.1, 0.15) is 75.3 Å². The van der Waals surface area contributed by atoms with Crippen molar-refractivity contribution in [3.05, 3.63) is 29.3 Å². The lowest BCUT2D eigenvalue weighted by Crippen LogP contribution is -2.46. The normalized spacial score (nSPS) is 22.7. The van der Waals surface area contributed by atoms with Gasteiger partial charge in [-0.25, -0.2) is 0 Å². The molecule has 0 spiro atoms. The van der Waals surface area contributed by atoms with Crippen molar-refractivity contribution in [1.82, 2.24) is 14.7 Å². The average Bonchev–Trinajstić information content (AvgIpc) is 3.55. The second-order valence-electron chi connectivity index (χ2n) is 13.5. The van der Waals surface area contributed by atoms with E-state index >= 15 is 0 Å². The van der Waals surface area contributed by atoms with Crippen molar-refractivity contribution in [3.8, 4) is 5.75 Å². The minimum Gasteiger partial charge on any atom is -0.493 e. The minimum absolute atomic E-state index is 0.0832. The Labute approximate surface area is 252 Å². The molecule has 0 aliphatic carbocycles. The lowest BCUT2D eigenvalue weighted by Gasteiger charge is -2.32. The Kier molecular flexibility index (Phi) is 11.3. The van der Waals surface area contributed by atoms with Gasteiger partial charge in [0.25, 0.3) is 0 Å². The van der Waals surface area contributed by atoms with E-state index in [0.717, 1.165) is 92.5 Å². The first-order chi connectivity index (χ1) is 20.1. The van der Waals surface area contributed by atoms with Crippen molar-refractivity contribution >= 4 is 17.8 Å². The Morgan fingerprint density at radius 2 is 1.88 bits per heavy atom. The summed E-state index contributed by atoms with van der Waals surface area (Å²) in [6.07, 6.45) is 7.85. The van der Waals surface area contributed by atoms with E-state index in [0.29, 0.717) is 32.5 Å². The molecule has 3 atom stereocenters. The number of carboxylic acids is 1. The van der Waals surface area contributed by atoms with Gasteiger partial charge in [0.05, 0.1) is 46.8 Å². The number of amides is 2. The number of unbranched alkanes of at least 4 members (excludes halogenated alkanes) is 2. The molecular weight excluding hydrogens is 532 g/mol. The number of rotatable bonds is 15. The SMILES string of the molecule is CCCCN(CCCC[N+](C)(C)C)C(=O)CN1C[C@H](c2ccc3c(c2)CCO3)C(C(=O)O)[C@@H]1CCN1CCCCC1=O. The van der Waals surface area contributed by atoms with Gasteiger partial charge < -0.3 is 24.1 Å². The standard InChI is InChI=1S/C33H52N4O5/c1-5-6-16-34(18-9-10-20-37(2,3)4)31(39)24-36-23-27(25-12-13-29-26(22-25)15-21-42-29)32(33(40)41)28(36)14-19-35-17-8-7-11-30(35)38/h12-13,22,27-28,32H,5-11,14-21,23-24H2,1-4H3/p+1/t27-,28+,32?/m1/s1. The highest BCUT2D eigenvalue weighted by Crippen LogP contribution is 2.41. The van der Waals surface area contributed by atoms with E-state index in [2.05, 4.69) is 39.0 Å². The van der Waals surface area contributed by atoms with Crippen LogP contribution in [0.3, 0.4) is 0 Å². The fraction of sp³-hybridized carbons (Fsp3) is 0.727. The van der Waals surface area contributed by atoms with Gasteiger partial charge in [0.1, 0.15) is 5.75 Å². The summed E-state index contributed by atoms with van der Waals surface area (Å²) in [6, 6.07) is 5.76. The molecule has 9 nitrogen and oxygen atoms in total. The van der Waals surface area contributed by atoms with Crippen LogP contribution >= 0.6 is 0 Å². The van der Waals surface area contributed by atoms with Crippen LogP contribution in [-0.4, -0.2) is 122 Å². The van der Waals surface area contributed by atoms with Crippen LogP contribution in [0, 0.1) is 5.92 Å². The van der Waals surface area contributed by atoms with Gasteiger partial charge in [0.2, 0.25) is 11.8 Å². The Bertz CT molecular complexity index is 1090. The van der Waals surface area contributed by atoms with Gasteiger partial charge in [-0.1, -0.05) is 25.5 Å². The number of quaternary nitrogens is 1. The van der Waals surface area contributed by atoms with E-state index in [1.54, 1.807) is 0 Å². The molecule has 2 saturated heterocycles. The van der Waals surface area contributed by atoms with Gasteiger partial charge in [-0.2, -0.15) is 0 Å². The number of benzene rings is 1. The quantitative estimate of drug-likeness (QED) is 0.250. The lowest BCUT2D eigenvalue weighted by molar-refractivity contribution is -0.870. The first-order valence-electron chi connectivity index (χ1n) is 16.2. The summed E-state index contributed by atoms with van der Waals surface area (Å²) < 4.78 is 6.61. The van der Waals surface area contributed by atoms with Crippen molar-refractivity contribution < 1.29 is 28.7 Å². The van der Waals surface area contributed by atoms with Crippen LogP contribution in [0.25, 0.3) is 0 Å². The van der Waals surface area contributed by atoms with Gasteiger partial charge >= 0.3 is 5.97 Å². The first-order valence-corrected chi connectivity index (χ1v) is 16.2. The smallest absolute Gasteiger partial charge is 0.308 e. The van der Waals surface area contributed by atoms with Crippen LogP contribution in [-0.2, 0) is 20.8 Å². The zero-order valence-corrected chi connectivity index (χ0v) is 26.4. The first kappa shape index (κ1) is 32.3. The number of nitrogens with zero attached hydrogens (tertiary/aromatic N) is 4. The van der Waals surface area contributed by atoms with E-state index in [1.807, 2.05) is 21.9 Å². The largest absolute Gasteiger partial charge is 0.493 e. The number of likely N-dealkylation sites (tertiary alicyclic amines) is 2. The number of hydrogen-bond donors (Lipinski definition) is 1. The number of aliphatic carboxylic acids is 1. The molecule has 2 fully saturated rings. The summed E-state index contributed by atoms with van der Waals surface area (Å²) in [7, 11) is 6.57. The molecule has 1 unspecified atom stereocenters. The molecular formula is C33H53N4O5+. The van der Waals surface area contributed by atoms with Crippen LogP contribution in [0.5, 0.6) is 5.75 Å². The number of fused-ring (bicyclic) bond motifs is 1. The molecule has 9 heteroatoms. The molecule has 1 aromatic rings. The topological polar surface area (TPSA) is 90.4 Å². The maximum atomic E-state index is 13.8. The van der Waals surface area contributed by atoms with Crippen LogP contribution < -0.4 is 4.74 Å². The van der Waals surface area contributed by atoms with Crippen molar-refractivity contribution in [1.29, 1.82) is 0 Å². The van der Waals surface area contributed by atoms with Gasteiger partial charge in [-0.05, 0) is 55.7 Å². The maximum absolute atomic E-state index is 13.8. The fourth-order valence-corrected chi connectivity index (χ4v) is 6.89. The molecule has 3 aliphatic heterocycles. The minimum atomic E-state index is -0.829. The van der Waals surface area contributed by atoms with Gasteiger partial charge in [-0.15, -0.1) is 0 Å². The molecule has 0 aromatic heterocycles. The molecule has 0 saturated carbocycles. The molecule has 0 radical (unpaired) electrons. The van der Waals surface area contributed by atoms with E-state index < -0.39 is 11.9 Å². The predicted octanol–water partition coefficient (Wildman–Crippen LogP) is 3.61. The number of carbonyl (C=O) groups is 3. The number of carbonyl (C=O) groups excluding carboxylic acids is 2. The number of ether oxygens (including phenoxy) is 1. The highest BCUT2D eigenvalue weighted by atomic mass is 16.5. The van der Waals surface area contributed by atoms with Crippen LogP contribution in [0.2, 0.25) is 0 Å². The highest BCUT2D eigenvalue weighted by molar-refractivity contribution is 5.79. The third-order valence-corrected chi connectivity index (χ3v) is 9.27. The fourth-order valence-electron chi connectivity index (χ4n) is 6.89. The van der Waals surface area contributed by atoms with Crippen molar-refractivity contribution in [3.63, 3.8) is 0 Å². The number of hydrogen-bond acceptors (Lipinski definition) is 5. The number of piperidine rings is 1. The van der Waals surface area contributed by atoms with E-state index in [1.165, 1.54) is 0 Å². The van der Waals surface area contributed by atoms with Crippen LogP contribution in [0.4, 0.5) is 0 Å². The van der Waals surface area contributed by atoms with E-state index in [4.69, 9.17) is 4.74 Å². The molecule has 3 heterocycles. The summed E-state index contributed by atoms with van der Waals surface area (Å²) in [4.78, 5) is 45.3. The molecule has 3 aliphatic rings. The molecule has 0 bridgehead atoms. The predicted molar refractivity (Wildman–Crippen MR) is 164 cm³/mol. The van der Waals surface area contributed by atoms with E-state index in [-0.39, 0.29) is 30.3 Å². The summed E-state index contributed by atoms with van der Waals surface area (Å²) in [5.41, 5.74) is 2.13. The highest BCUT2D eigenvalue weighted by Gasteiger charge is 2.47. The molecule has 234 valence electrons. The molecule has 4 rings (SSSR count). The lowest BCUT2D eigenvalue weighted by atomic mass is 9.83. The van der Waals surface area contributed by atoms with Crippen molar-refractivity contribution in [2.45, 2.75) is 76.7 Å².